The van der Waals surface area contributed by atoms with Gasteiger partial charge in [0.1, 0.15) is 18.7 Å². The number of aliphatic hydroxyl groups excluding tert-OH is 1. The molecule has 1 saturated heterocycles. The van der Waals surface area contributed by atoms with Crippen molar-refractivity contribution in [3.8, 4) is 0 Å². The molecule has 1 aliphatic carbocycles. The van der Waals surface area contributed by atoms with Crippen molar-refractivity contribution in [1.29, 1.82) is 0 Å². The van der Waals surface area contributed by atoms with Crippen LogP contribution in [0.25, 0.3) is 0 Å². The molecule has 2 aliphatic rings. The quantitative estimate of drug-likeness (QED) is 0.209. The molecule has 1 saturated carbocycles. The van der Waals surface area contributed by atoms with Crippen LogP contribution >= 0.6 is 11.6 Å². The first-order valence-electron chi connectivity index (χ1n) is 15.7. The number of halogens is 1. The van der Waals surface area contributed by atoms with Gasteiger partial charge >= 0.3 is 6.09 Å². The highest BCUT2D eigenvalue weighted by atomic mass is 35.5. The first-order valence-corrected chi connectivity index (χ1v) is 16.1. The number of nitrogens with one attached hydrogen (secondary N) is 4. The fourth-order valence-electron chi connectivity index (χ4n) is 5.91. The number of benzene rings is 1. The monoisotopic (exact) mass is 636 g/mol. The topological polar surface area (TPSA) is 155 Å². The molecular formula is C32H49ClN4O7. The van der Waals surface area contributed by atoms with E-state index in [0.717, 1.165) is 32.1 Å². The van der Waals surface area contributed by atoms with E-state index in [1.54, 1.807) is 31.2 Å². The molecule has 0 unspecified atom stereocenters. The predicted molar refractivity (Wildman–Crippen MR) is 167 cm³/mol. The van der Waals surface area contributed by atoms with Crippen LogP contribution in [0, 0.1) is 11.8 Å². The van der Waals surface area contributed by atoms with Crippen LogP contribution in [0.2, 0.25) is 5.02 Å². The number of alkyl carbamates (subject to hydrolysis) is 1. The summed E-state index contributed by atoms with van der Waals surface area (Å²) in [5.41, 5.74) is 0.0646. The standard InChI is InChI=1S/C32H49ClN4O7/c1-20(44-32(2,3)4)27(37-31(42)43-19-22-11-8-12-24(33)15-22)30(41)36-26(16-21-9-6-5-7-10-21)29(40)35-25(18-38)17-23-13-14-34-28(23)39/h8,11-12,15,20-21,23,25-27,38H,5-7,9-10,13-14,16-19H2,1-4H3,(H,34,39)(H,35,40)(H,36,41)(H,37,42)/t20-,23+,25+,26+,27+/m1/s1. The number of hydrogen-bond acceptors (Lipinski definition) is 7. The van der Waals surface area contributed by atoms with Crippen LogP contribution in [0.15, 0.2) is 24.3 Å². The van der Waals surface area contributed by atoms with Gasteiger partial charge in [-0.15, -0.1) is 0 Å². The van der Waals surface area contributed by atoms with Gasteiger partial charge < -0.3 is 35.8 Å². The summed E-state index contributed by atoms with van der Waals surface area (Å²) < 4.78 is 11.4. The Hall–Kier alpha value is -2.89. The maximum Gasteiger partial charge on any atom is 0.408 e. The summed E-state index contributed by atoms with van der Waals surface area (Å²) in [4.78, 5) is 52.4. The first kappa shape index (κ1) is 35.6. The molecule has 11 nitrogen and oxygen atoms in total. The summed E-state index contributed by atoms with van der Waals surface area (Å²) in [6.45, 7) is 7.39. The van der Waals surface area contributed by atoms with Crippen molar-refractivity contribution < 1.29 is 33.8 Å². The minimum absolute atomic E-state index is 0.0521. The van der Waals surface area contributed by atoms with Crippen LogP contribution in [0.5, 0.6) is 0 Å². The lowest BCUT2D eigenvalue weighted by Gasteiger charge is -2.32. The highest BCUT2D eigenvalue weighted by Crippen LogP contribution is 2.28. The molecule has 3 rings (SSSR count). The number of rotatable bonds is 14. The summed E-state index contributed by atoms with van der Waals surface area (Å²) in [6.07, 6.45) is 4.93. The zero-order valence-corrected chi connectivity index (χ0v) is 27.1. The van der Waals surface area contributed by atoms with E-state index in [4.69, 9.17) is 21.1 Å². The van der Waals surface area contributed by atoms with E-state index in [1.807, 2.05) is 20.8 Å². The number of ether oxygens (including phenoxy) is 2. The Labute approximate surface area is 265 Å². The smallest absolute Gasteiger partial charge is 0.408 e. The molecule has 1 aliphatic heterocycles. The third kappa shape index (κ3) is 11.9. The van der Waals surface area contributed by atoms with Crippen molar-refractivity contribution in [3.63, 3.8) is 0 Å². The summed E-state index contributed by atoms with van der Waals surface area (Å²) in [5, 5.41) is 21.7. The maximum absolute atomic E-state index is 13.8. The zero-order chi connectivity index (χ0) is 32.3. The summed E-state index contributed by atoms with van der Waals surface area (Å²) >= 11 is 6.03. The number of carbonyl (C=O) groups is 4. The Bertz CT molecular complexity index is 1120. The van der Waals surface area contributed by atoms with Gasteiger partial charge in [0, 0.05) is 17.5 Å². The Morgan fingerprint density at radius 1 is 1.05 bits per heavy atom. The van der Waals surface area contributed by atoms with E-state index in [1.165, 1.54) is 0 Å². The minimum atomic E-state index is -1.17. The lowest BCUT2D eigenvalue weighted by atomic mass is 9.84. The van der Waals surface area contributed by atoms with Crippen molar-refractivity contribution in [2.45, 2.75) is 115 Å². The van der Waals surface area contributed by atoms with Crippen LogP contribution in [-0.2, 0) is 30.5 Å². The Kier molecular flexibility index (Phi) is 13.7. The van der Waals surface area contributed by atoms with Crippen LogP contribution in [0.1, 0.15) is 84.6 Å². The SMILES string of the molecule is C[C@@H](OC(C)(C)C)[C@H](NC(=O)OCc1cccc(Cl)c1)C(=O)N[C@@H](CC1CCCCC1)C(=O)N[C@H](CO)C[C@@H]1CCNC1=O. The van der Waals surface area contributed by atoms with Crippen molar-refractivity contribution >= 4 is 35.4 Å². The molecule has 0 radical (unpaired) electrons. The van der Waals surface area contributed by atoms with Crippen LogP contribution in [-0.4, -0.2) is 71.9 Å². The fraction of sp³-hybridized carbons (Fsp3) is 0.688. The number of aliphatic hydroxyl groups is 1. The van der Waals surface area contributed by atoms with Gasteiger partial charge in [-0.05, 0) is 70.6 Å². The normalized spacial score (nSPS) is 20.1. The van der Waals surface area contributed by atoms with Crippen molar-refractivity contribution in [3.05, 3.63) is 34.9 Å². The van der Waals surface area contributed by atoms with Gasteiger partial charge in [-0.3, -0.25) is 14.4 Å². The van der Waals surface area contributed by atoms with Gasteiger partial charge in [-0.1, -0.05) is 55.8 Å². The lowest BCUT2D eigenvalue weighted by molar-refractivity contribution is -0.136. The van der Waals surface area contributed by atoms with E-state index in [0.29, 0.717) is 36.4 Å². The zero-order valence-electron chi connectivity index (χ0n) is 26.3. The molecule has 1 heterocycles. The predicted octanol–water partition coefficient (Wildman–Crippen LogP) is 3.60. The van der Waals surface area contributed by atoms with Gasteiger partial charge in [0.2, 0.25) is 17.7 Å². The second kappa shape index (κ2) is 17.0. The fourth-order valence-corrected chi connectivity index (χ4v) is 6.12. The molecule has 0 bridgehead atoms. The Morgan fingerprint density at radius 3 is 2.39 bits per heavy atom. The van der Waals surface area contributed by atoms with E-state index < -0.39 is 47.7 Å². The molecule has 0 aromatic heterocycles. The van der Waals surface area contributed by atoms with Crippen LogP contribution in [0.3, 0.4) is 0 Å². The lowest BCUT2D eigenvalue weighted by Crippen LogP contribution is -2.59. The maximum atomic E-state index is 13.8. The van der Waals surface area contributed by atoms with Crippen molar-refractivity contribution in [2.24, 2.45) is 11.8 Å². The van der Waals surface area contributed by atoms with Gasteiger partial charge in [0.15, 0.2) is 0 Å². The first-order chi connectivity index (χ1) is 20.8. The van der Waals surface area contributed by atoms with E-state index >= 15 is 0 Å². The van der Waals surface area contributed by atoms with E-state index in [9.17, 15) is 24.3 Å². The molecule has 246 valence electrons. The van der Waals surface area contributed by atoms with Crippen LogP contribution in [0.4, 0.5) is 4.79 Å². The number of amides is 4. The van der Waals surface area contributed by atoms with E-state index in [2.05, 4.69) is 21.3 Å². The molecular weight excluding hydrogens is 588 g/mol. The van der Waals surface area contributed by atoms with E-state index in [-0.39, 0.29) is 31.0 Å². The molecule has 5 N–H and O–H groups in total. The minimum Gasteiger partial charge on any atom is -0.445 e. The molecule has 44 heavy (non-hydrogen) atoms. The van der Waals surface area contributed by atoms with Gasteiger partial charge in [-0.2, -0.15) is 0 Å². The van der Waals surface area contributed by atoms with Crippen LogP contribution < -0.4 is 21.3 Å². The summed E-state index contributed by atoms with van der Waals surface area (Å²) in [6, 6.07) is 4.19. The Balaban J connectivity index is 1.74. The summed E-state index contributed by atoms with van der Waals surface area (Å²) in [7, 11) is 0. The third-order valence-electron chi connectivity index (χ3n) is 8.05. The molecule has 0 spiro atoms. The second-order valence-electron chi connectivity index (χ2n) is 13.0. The largest absolute Gasteiger partial charge is 0.445 e. The Morgan fingerprint density at radius 2 is 1.77 bits per heavy atom. The highest BCUT2D eigenvalue weighted by molar-refractivity contribution is 6.30. The average molecular weight is 637 g/mol. The number of hydrogen-bond donors (Lipinski definition) is 5. The molecule has 5 atom stereocenters. The average Bonchev–Trinajstić information content (AvgIpc) is 3.37. The van der Waals surface area contributed by atoms with Gasteiger partial charge in [-0.25, -0.2) is 4.79 Å². The van der Waals surface area contributed by atoms with Gasteiger partial charge in [0.05, 0.1) is 24.4 Å². The van der Waals surface area contributed by atoms with Gasteiger partial charge in [0.25, 0.3) is 0 Å². The number of carbonyl (C=O) groups excluding carboxylic acids is 4. The van der Waals surface area contributed by atoms with Crippen molar-refractivity contribution in [2.75, 3.05) is 13.2 Å². The highest BCUT2D eigenvalue weighted by Gasteiger charge is 2.36. The molecule has 1 aromatic carbocycles. The summed E-state index contributed by atoms with van der Waals surface area (Å²) in [5.74, 6) is -1.17. The second-order valence-corrected chi connectivity index (χ2v) is 13.4. The molecule has 12 heteroatoms. The third-order valence-corrected chi connectivity index (χ3v) is 8.28. The molecule has 4 amide bonds. The molecule has 1 aromatic rings. The molecule has 2 fully saturated rings. The van der Waals surface area contributed by atoms with Crippen molar-refractivity contribution in [1.82, 2.24) is 21.3 Å².